The van der Waals surface area contributed by atoms with Gasteiger partial charge in [0, 0.05) is 11.1 Å². The van der Waals surface area contributed by atoms with E-state index in [1.54, 1.807) is 30.3 Å². The molecule has 0 radical (unpaired) electrons. The Morgan fingerprint density at radius 1 is 1.08 bits per heavy atom. The van der Waals surface area contributed by atoms with Crippen LogP contribution in [0, 0.1) is 13.8 Å². The zero-order valence-corrected chi connectivity index (χ0v) is 14.4. The minimum atomic E-state index is -0.903. The molecule has 1 amide bonds. The van der Waals surface area contributed by atoms with Crippen LogP contribution >= 0.6 is 0 Å². The number of ether oxygens (including phenoxy) is 1. The molecule has 0 aliphatic rings. The summed E-state index contributed by atoms with van der Waals surface area (Å²) >= 11 is 0. The van der Waals surface area contributed by atoms with Gasteiger partial charge in [-0.15, -0.1) is 0 Å². The summed E-state index contributed by atoms with van der Waals surface area (Å²) in [5, 5.41) is 3.27. The van der Waals surface area contributed by atoms with Crippen LogP contribution in [0.15, 0.2) is 57.7 Å². The number of rotatable bonds is 4. The minimum absolute atomic E-state index is 0.247. The topological polar surface area (TPSA) is 85.6 Å². The van der Waals surface area contributed by atoms with Crippen LogP contribution in [0.2, 0.25) is 0 Å². The molecule has 6 nitrogen and oxygen atoms in total. The number of carbonyl (C=O) groups is 2. The number of anilines is 1. The van der Waals surface area contributed by atoms with Crippen LogP contribution in [-0.2, 0) is 9.53 Å². The van der Waals surface area contributed by atoms with Crippen LogP contribution in [0.5, 0.6) is 0 Å². The second kappa shape index (κ2) is 7.23. The number of esters is 1. The van der Waals surface area contributed by atoms with Gasteiger partial charge in [0.15, 0.2) is 6.61 Å². The number of nitrogens with one attached hydrogen (secondary N) is 1. The van der Waals surface area contributed by atoms with Crippen molar-refractivity contribution in [3.63, 3.8) is 0 Å². The van der Waals surface area contributed by atoms with Crippen molar-refractivity contribution in [2.24, 2.45) is 0 Å². The third-order valence-electron chi connectivity index (χ3n) is 3.85. The van der Waals surface area contributed by atoms with E-state index in [0.29, 0.717) is 16.7 Å². The zero-order valence-electron chi connectivity index (χ0n) is 14.4. The lowest BCUT2D eigenvalue weighted by molar-refractivity contribution is -0.119. The molecule has 0 bridgehead atoms. The maximum Gasteiger partial charge on any atom is 0.351 e. The highest BCUT2D eigenvalue weighted by molar-refractivity contribution is 5.97. The molecule has 0 saturated heterocycles. The van der Waals surface area contributed by atoms with Gasteiger partial charge in [0.1, 0.15) is 11.1 Å². The second-order valence-corrected chi connectivity index (χ2v) is 5.93. The van der Waals surface area contributed by atoms with Crippen molar-refractivity contribution in [1.82, 2.24) is 0 Å². The van der Waals surface area contributed by atoms with Crippen molar-refractivity contribution >= 4 is 28.5 Å². The molecule has 0 aliphatic heterocycles. The van der Waals surface area contributed by atoms with Crippen LogP contribution in [0.4, 0.5) is 5.69 Å². The van der Waals surface area contributed by atoms with Gasteiger partial charge >= 0.3 is 11.6 Å². The summed E-state index contributed by atoms with van der Waals surface area (Å²) in [7, 11) is 0. The van der Waals surface area contributed by atoms with E-state index < -0.39 is 24.1 Å². The molecule has 1 aromatic heterocycles. The fraction of sp³-hybridized carbons (Fsp3) is 0.150. The zero-order chi connectivity index (χ0) is 18.7. The summed E-state index contributed by atoms with van der Waals surface area (Å²) in [5.41, 5.74) is 1.95. The molecule has 0 atom stereocenters. The van der Waals surface area contributed by atoms with Gasteiger partial charge in [0.2, 0.25) is 0 Å². The highest BCUT2D eigenvalue weighted by Gasteiger charge is 2.17. The number of benzene rings is 2. The summed E-state index contributed by atoms with van der Waals surface area (Å²) in [6.07, 6.45) is 0. The van der Waals surface area contributed by atoms with E-state index in [2.05, 4.69) is 5.32 Å². The molecular weight excluding hydrogens is 334 g/mol. The fourth-order valence-electron chi connectivity index (χ4n) is 2.55. The van der Waals surface area contributed by atoms with E-state index in [1.807, 2.05) is 26.0 Å². The van der Waals surface area contributed by atoms with Gasteiger partial charge in [0.25, 0.3) is 5.91 Å². The molecule has 2 aromatic carbocycles. The summed E-state index contributed by atoms with van der Waals surface area (Å²) < 4.78 is 10.0. The maximum atomic E-state index is 12.1. The lowest BCUT2D eigenvalue weighted by atomic mass is 10.1. The van der Waals surface area contributed by atoms with E-state index >= 15 is 0 Å². The molecule has 0 fully saturated rings. The Bertz CT molecular complexity index is 1050. The maximum absolute atomic E-state index is 12.1. The monoisotopic (exact) mass is 351 g/mol. The first-order valence-electron chi connectivity index (χ1n) is 8.01. The molecule has 0 saturated carbocycles. The van der Waals surface area contributed by atoms with Gasteiger partial charge in [0.05, 0.1) is 0 Å². The summed E-state index contributed by atoms with van der Waals surface area (Å²) in [6.45, 7) is 3.32. The van der Waals surface area contributed by atoms with Crippen molar-refractivity contribution in [3.8, 4) is 0 Å². The van der Waals surface area contributed by atoms with Gasteiger partial charge in [-0.3, -0.25) is 4.79 Å². The van der Waals surface area contributed by atoms with Crippen LogP contribution < -0.4 is 10.9 Å². The van der Waals surface area contributed by atoms with Gasteiger partial charge in [-0.25, -0.2) is 9.59 Å². The SMILES string of the molecule is Cc1ccc(NC(=O)COC(=O)c2cc3ccccc3oc2=O)c(C)c1. The predicted octanol–water partition coefficient (Wildman–Crippen LogP) is 3.21. The largest absolute Gasteiger partial charge is 0.452 e. The van der Waals surface area contributed by atoms with Crippen LogP contribution in [-0.4, -0.2) is 18.5 Å². The molecule has 132 valence electrons. The van der Waals surface area contributed by atoms with Crippen LogP contribution in [0.1, 0.15) is 21.5 Å². The number of hydrogen-bond acceptors (Lipinski definition) is 5. The van der Waals surface area contributed by atoms with Gasteiger partial charge < -0.3 is 14.5 Å². The van der Waals surface area contributed by atoms with E-state index in [9.17, 15) is 14.4 Å². The smallest absolute Gasteiger partial charge is 0.351 e. The quantitative estimate of drug-likeness (QED) is 0.576. The Labute approximate surface area is 149 Å². The van der Waals surface area contributed by atoms with Crippen LogP contribution in [0.25, 0.3) is 11.0 Å². The fourth-order valence-corrected chi connectivity index (χ4v) is 2.55. The average Bonchev–Trinajstić information content (AvgIpc) is 2.61. The summed E-state index contributed by atoms with van der Waals surface area (Å²) in [6, 6.07) is 13.8. The molecule has 3 rings (SSSR count). The number of hydrogen-bond donors (Lipinski definition) is 1. The Kier molecular flexibility index (Phi) is 4.84. The first kappa shape index (κ1) is 17.4. The number of carbonyl (C=O) groups excluding carboxylic acids is 2. The Hall–Kier alpha value is -3.41. The minimum Gasteiger partial charge on any atom is -0.452 e. The molecule has 0 unspecified atom stereocenters. The van der Waals surface area contributed by atoms with E-state index in [1.165, 1.54) is 6.07 Å². The number of para-hydroxylation sites is 1. The first-order chi connectivity index (χ1) is 12.4. The van der Waals surface area contributed by atoms with Crippen molar-refractivity contribution < 1.29 is 18.7 Å². The summed E-state index contributed by atoms with van der Waals surface area (Å²) in [4.78, 5) is 36.0. The Balaban J connectivity index is 1.67. The number of amides is 1. The molecule has 0 aliphatic carbocycles. The average molecular weight is 351 g/mol. The lowest BCUT2D eigenvalue weighted by Crippen LogP contribution is -2.23. The Morgan fingerprint density at radius 3 is 2.62 bits per heavy atom. The van der Waals surface area contributed by atoms with E-state index in [0.717, 1.165) is 11.1 Å². The molecule has 1 N–H and O–H groups in total. The van der Waals surface area contributed by atoms with Crippen molar-refractivity contribution in [3.05, 3.63) is 75.6 Å². The van der Waals surface area contributed by atoms with Gasteiger partial charge in [-0.05, 0) is 37.6 Å². The molecule has 3 aromatic rings. The molecule has 0 spiro atoms. The third kappa shape index (κ3) is 3.80. The van der Waals surface area contributed by atoms with Crippen molar-refractivity contribution in [1.29, 1.82) is 0 Å². The van der Waals surface area contributed by atoms with E-state index in [4.69, 9.17) is 9.15 Å². The first-order valence-corrected chi connectivity index (χ1v) is 8.01. The molecule has 26 heavy (non-hydrogen) atoms. The molecule has 6 heteroatoms. The third-order valence-corrected chi connectivity index (χ3v) is 3.85. The normalized spacial score (nSPS) is 10.5. The van der Waals surface area contributed by atoms with Crippen LogP contribution in [0.3, 0.4) is 0 Å². The second-order valence-electron chi connectivity index (χ2n) is 5.93. The predicted molar refractivity (Wildman–Crippen MR) is 97.3 cm³/mol. The van der Waals surface area contributed by atoms with E-state index in [-0.39, 0.29) is 5.56 Å². The van der Waals surface area contributed by atoms with Gasteiger partial charge in [-0.2, -0.15) is 0 Å². The van der Waals surface area contributed by atoms with Crippen molar-refractivity contribution in [2.45, 2.75) is 13.8 Å². The van der Waals surface area contributed by atoms with Crippen molar-refractivity contribution in [2.75, 3.05) is 11.9 Å². The standard InChI is InChI=1S/C20H17NO5/c1-12-7-8-16(13(2)9-12)21-18(22)11-25-19(23)15-10-14-5-3-4-6-17(14)26-20(15)24/h3-10H,11H2,1-2H3,(H,21,22). The Morgan fingerprint density at radius 2 is 1.85 bits per heavy atom. The number of fused-ring (bicyclic) bond motifs is 1. The highest BCUT2D eigenvalue weighted by atomic mass is 16.5. The highest BCUT2D eigenvalue weighted by Crippen LogP contribution is 2.16. The molecular formula is C20H17NO5. The number of aryl methyl sites for hydroxylation is 2. The summed E-state index contributed by atoms with van der Waals surface area (Å²) in [5.74, 6) is -1.39. The van der Waals surface area contributed by atoms with Gasteiger partial charge in [-0.1, -0.05) is 35.9 Å². The molecule has 1 heterocycles. The lowest BCUT2D eigenvalue weighted by Gasteiger charge is -2.09.